The second-order valence-electron chi connectivity index (χ2n) is 7.73. The molecule has 0 bridgehead atoms. The van der Waals surface area contributed by atoms with Crippen molar-refractivity contribution >= 4 is 29.3 Å². The van der Waals surface area contributed by atoms with Crippen LogP contribution in [0.5, 0.6) is 5.75 Å². The molecule has 33 heavy (non-hydrogen) atoms. The third-order valence-electron chi connectivity index (χ3n) is 5.47. The molecule has 10 heteroatoms. The molecule has 2 fully saturated rings. The molecule has 4 atom stereocenters. The van der Waals surface area contributed by atoms with Gasteiger partial charge in [-0.25, -0.2) is 9.59 Å². The molecule has 2 aliphatic rings. The summed E-state index contributed by atoms with van der Waals surface area (Å²) >= 11 is 0. The van der Waals surface area contributed by atoms with Crippen molar-refractivity contribution in [1.29, 1.82) is 0 Å². The van der Waals surface area contributed by atoms with Crippen molar-refractivity contribution in [2.75, 3.05) is 31.0 Å². The lowest BCUT2D eigenvalue weighted by molar-refractivity contribution is 0.00873. The Labute approximate surface area is 190 Å². The van der Waals surface area contributed by atoms with E-state index in [-0.39, 0.29) is 25.0 Å². The van der Waals surface area contributed by atoms with Gasteiger partial charge < -0.3 is 29.6 Å². The summed E-state index contributed by atoms with van der Waals surface area (Å²) in [4.78, 5) is 36.0. The lowest BCUT2D eigenvalue weighted by atomic mass is 10.1. The maximum atomic E-state index is 12.4. The van der Waals surface area contributed by atoms with E-state index < -0.39 is 30.4 Å². The van der Waals surface area contributed by atoms with Crippen LogP contribution in [0.4, 0.5) is 21.0 Å². The number of amides is 3. The number of ketones is 1. The SMILES string of the molecule is COc1ccc(NC(=O)N[C@H]2CO[C@H]3[C@H]2OC[C@@H]3OC(=O)Nc2ccc(C(C)=O)cc2)cc1. The number of nitrogens with one attached hydrogen (secondary N) is 3. The Morgan fingerprint density at radius 2 is 1.52 bits per heavy atom. The molecule has 0 saturated carbocycles. The summed E-state index contributed by atoms with van der Waals surface area (Å²) in [5, 5.41) is 8.21. The minimum atomic E-state index is -0.655. The Bertz CT molecular complexity index is 1010. The van der Waals surface area contributed by atoms with Gasteiger partial charge in [-0.1, -0.05) is 0 Å². The van der Waals surface area contributed by atoms with Crippen molar-refractivity contribution in [3.8, 4) is 5.75 Å². The Morgan fingerprint density at radius 1 is 0.879 bits per heavy atom. The molecule has 10 nitrogen and oxygen atoms in total. The summed E-state index contributed by atoms with van der Waals surface area (Å²) in [6, 6.07) is 12.7. The maximum Gasteiger partial charge on any atom is 0.412 e. The maximum absolute atomic E-state index is 12.4. The van der Waals surface area contributed by atoms with Crippen molar-refractivity contribution in [3.05, 3.63) is 54.1 Å². The highest BCUT2D eigenvalue weighted by molar-refractivity contribution is 5.95. The molecular weight excluding hydrogens is 430 g/mol. The third kappa shape index (κ3) is 5.41. The molecule has 4 rings (SSSR count). The van der Waals surface area contributed by atoms with Gasteiger partial charge in [0, 0.05) is 16.9 Å². The fraction of sp³-hybridized carbons (Fsp3) is 0.348. The first-order chi connectivity index (χ1) is 15.9. The standard InChI is InChI=1S/C23H25N3O7/c1-13(27)14-3-5-16(6-4-14)25-23(29)33-19-12-32-20-18(11-31-21(19)20)26-22(28)24-15-7-9-17(30-2)10-8-15/h3-10,18-21H,11-12H2,1-2H3,(H,25,29)(H2,24,26,28)/t18-,19-,20-,21+/m0/s1. The molecule has 2 aliphatic heterocycles. The van der Waals surface area contributed by atoms with Crippen molar-refractivity contribution in [2.45, 2.75) is 31.3 Å². The summed E-state index contributed by atoms with van der Waals surface area (Å²) in [6.07, 6.45) is -2.18. The first-order valence-electron chi connectivity index (χ1n) is 10.5. The molecule has 0 unspecified atom stereocenters. The second kappa shape index (κ2) is 9.88. The van der Waals surface area contributed by atoms with Crippen LogP contribution in [-0.4, -0.2) is 62.6 Å². The average Bonchev–Trinajstić information content (AvgIpc) is 3.38. The van der Waals surface area contributed by atoms with E-state index in [0.29, 0.717) is 22.7 Å². The molecule has 174 valence electrons. The van der Waals surface area contributed by atoms with Crippen LogP contribution in [0.1, 0.15) is 17.3 Å². The monoisotopic (exact) mass is 455 g/mol. The predicted octanol–water partition coefficient (Wildman–Crippen LogP) is 2.80. The van der Waals surface area contributed by atoms with Gasteiger partial charge >= 0.3 is 12.1 Å². The number of benzene rings is 2. The highest BCUT2D eigenvalue weighted by Crippen LogP contribution is 2.29. The zero-order chi connectivity index (χ0) is 23.4. The molecule has 3 amide bonds. The number of anilines is 2. The second-order valence-corrected chi connectivity index (χ2v) is 7.73. The topological polar surface area (TPSA) is 124 Å². The quantitative estimate of drug-likeness (QED) is 0.572. The summed E-state index contributed by atoms with van der Waals surface area (Å²) in [7, 11) is 1.57. The Morgan fingerprint density at radius 3 is 2.18 bits per heavy atom. The molecule has 2 heterocycles. The smallest absolute Gasteiger partial charge is 0.412 e. The number of carbonyl (C=O) groups excluding carboxylic acids is 3. The van der Waals surface area contributed by atoms with Gasteiger partial charge in [0.2, 0.25) is 0 Å². The minimum Gasteiger partial charge on any atom is -0.497 e. The summed E-state index contributed by atoms with van der Waals surface area (Å²) < 4.78 is 22.1. The molecule has 3 N–H and O–H groups in total. The molecule has 2 saturated heterocycles. The normalized spacial score (nSPS) is 23.3. The van der Waals surface area contributed by atoms with Gasteiger partial charge in [0.1, 0.15) is 18.0 Å². The Kier molecular flexibility index (Phi) is 6.76. The largest absolute Gasteiger partial charge is 0.497 e. The van der Waals surface area contributed by atoms with Gasteiger partial charge in [-0.15, -0.1) is 0 Å². The van der Waals surface area contributed by atoms with Crippen LogP contribution < -0.4 is 20.7 Å². The number of urea groups is 1. The van der Waals surface area contributed by atoms with E-state index in [0.717, 1.165) is 0 Å². The van der Waals surface area contributed by atoms with E-state index in [4.69, 9.17) is 18.9 Å². The fourth-order valence-corrected chi connectivity index (χ4v) is 3.77. The molecule has 2 aromatic rings. The summed E-state index contributed by atoms with van der Waals surface area (Å²) in [5.74, 6) is 0.632. The van der Waals surface area contributed by atoms with Gasteiger partial charge in [0.05, 0.1) is 26.4 Å². The Hall–Kier alpha value is -3.63. The van der Waals surface area contributed by atoms with Gasteiger partial charge in [-0.2, -0.15) is 0 Å². The van der Waals surface area contributed by atoms with Crippen LogP contribution in [-0.2, 0) is 14.2 Å². The van der Waals surface area contributed by atoms with E-state index >= 15 is 0 Å². The van der Waals surface area contributed by atoms with Crippen LogP contribution in [0.3, 0.4) is 0 Å². The van der Waals surface area contributed by atoms with Crippen LogP contribution in [0, 0.1) is 0 Å². The number of carbonyl (C=O) groups is 3. The van der Waals surface area contributed by atoms with E-state index in [1.807, 2.05) is 0 Å². The summed E-state index contributed by atoms with van der Waals surface area (Å²) in [5.41, 5.74) is 1.67. The summed E-state index contributed by atoms with van der Waals surface area (Å²) in [6.45, 7) is 1.86. The van der Waals surface area contributed by atoms with E-state index in [1.54, 1.807) is 55.6 Å². The number of hydrogen-bond acceptors (Lipinski definition) is 7. The highest BCUT2D eigenvalue weighted by atomic mass is 16.6. The number of ether oxygens (including phenoxy) is 4. The predicted molar refractivity (Wildman–Crippen MR) is 119 cm³/mol. The van der Waals surface area contributed by atoms with Gasteiger partial charge in [0.15, 0.2) is 11.9 Å². The van der Waals surface area contributed by atoms with Crippen molar-refractivity contribution in [3.63, 3.8) is 0 Å². The number of Topliss-reactive ketones (excluding diaryl/α,β-unsaturated/α-hetero) is 1. The number of hydrogen-bond donors (Lipinski definition) is 3. The van der Waals surface area contributed by atoms with Crippen LogP contribution >= 0.6 is 0 Å². The van der Waals surface area contributed by atoms with Crippen LogP contribution in [0.2, 0.25) is 0 Å². The van der Waals surface area contributed by atoms with Crippen molar-refractivity contribution in [1.82, 2.24) is 5.32 Å². The van der Waals surface area contributed by atoms with E-state index in [2.05, 4.69) is 16.0 Å². The van der Waals surface area contributed by atoms with Gasteiger partial charge in [-0.3, -0.25) is 10.1 Å². The zero-order valence-electron chi connectivity index (χ0n) is 18.2. The average molecular weight is 455 g/mol. The fourth-order valence-electron chi connectivity index (χ4n) is 3.77. The van der Waals surface area contributed by atoms with Crippen molar-refractivity contribution < 1.29 is 33.3 Å². The molecule has 0 aromatic heterocycles. The Balaban J connectivity index is 1.26. The van der Waals surface area contributed by atoms with Gasteiger partial charge in [-0.05, 0) is 55.5 Å². The number of methoxy groups -OCH3 is 1. The highest BCUT2D eigenvalue weighted by Gasteiger charge is 2.50. The first kappa shape index (κ1) is 22.6. The van der Waals surface area contributed by atoms with Crippen LogP contribution in [0.15, 0.2) is 48.5 Å². The lowest BCUT2D eigenvalue weighted by Crippen LogP contribution is -2.46. The molecule has 2 aromatic carbocycles. The third-order valence-corrected chi connectivity index (χ3v) is 5.47. The first-order valence-corrected chi connectivity index (χ1v) is 10.5. The number of rotatable bonds is 6. The molecular formula is C23H25N3O7. The molecule has 0 radical (unpaired) electrons. The van der Waals surface area contributed by atoms with Gasteiger partial charge in [0.25, 0.3) is 0 Å². The molecule has 0 spiro atoms. The lowest BCUT2D eigenvalue weighted by Gasteiger charge is -2.18. The van der Waals surface area contributed by atoms with Crippen LogP contribution in [0.25, 0.3) is 0 Å². The minimum absolute atomic E-state index is 0.0579. The molecule has 0 aliphatic carbocycles. The zero-order valence-corrected chi connectivity index (χ0v) is 18.2. The van der Waals surface area contributed by atoms with E-state index in [9.17, 15) is 14.4 Å². The number of fused-ring (bicyclic) bond motifs is 1. The van der Waals surface area contributed by atoms with E-state index in [1.165, 1.54) is 6.92 Å². The van der Waals surface area contributed by atoms with Crippen molar-refractivity contribution in [2.24, 2.45) is 0 Å².